The number of hydrogen-bond donors (Lipinski definition) is 2. The van der Waals surface area contributed by atoms with E-state index in [0.29, 0.717) is 22.7 Å². The highest BCUT2D eigenvalue weighted by Crippen LogP contribution is 2.17. The Morgan fingerprint density at radius 1 is 1.16 bits per heavy atom. The molecule has 0 unspecified atom stereocenters. The van der Waals surface area contributed by atoms with E-state index in [0.717, 1.165) is 16.1 Å². The molecular weight excluding hydrogens is 330 g/mol. The summed E-state index contributed by atoms with van der Waals surface area (Å²) in [4.78, 5) is 5.67. The SMILES string of the molecule is Cc1cccc(NC(=Nc2cccc(C#N)c2)n2sc(C)cc2=N)c1. The van der Waals surface area contributed by atoms with E-state index in [4.69, 9.17) is 10.7 Å². The van der Waals surface area contributed by atoms with Crippen molar-refractivity contribution in [3.05, 3.63) is 76.1 Å². The van der Waals surface area contributed by atoms with Crippen LogP contribution in [0.3, 0.4) is 0 Å². The fourth-order valence-electron chi connectivity index (χ4n) is 2.37. The van der Waals surface area contributed by atoms with Gasteiger partial charge in [-0.3, -0.25) is 5.41 Å². The van der Waals surface area contributed by atoms with E-state index in [1.807, 2.05) is 44.2 Å². The molecule has 0 aliphatic carbocycles. The van der Waals surface area contributed by atoms with Crippen LogP contribution in [0.1, 0.15) is 16.0 Å². The fraction of sp³-hybridized carbons (Fsp3) is 0.105. The number of nitrogens with zero attached hydrogens (tertiary/aromatic N) is 3. The Bertz CT molecular complexity index is 1040. The van der Waals surface area contributed by atoms with Crippen molar-refractivity contribution in [3.8, 4) is 6.07 Å². The Hall–Kier alpha value is -3.17. The van der Waals surface area contributed by atoms with Crippen LogP contribution in [0.25, 0.3) is 0 Å². The van der Waals surface area contributed by atoms with Gasteiger partial charge in [0.2, 0.25) is 5.96 Å². The number of nitriles is 1. The Kier molecular flexibility index (Phi) is 4.78. The molecular formula is C19H17N5S. The van der Waals surface area contributed by atoms with Gasteiger partial charge in [0.1, 0.15) is 5.49 Å². The molecule has 25 heavy (non-hydrogen) atoms. The summed E-state index contributed by atoms with van der Waals surface area (Å²) < 4.78 is 1.73. The van der Waals surface area contributed by atoms with E-state index in [2.05, 4.69) is 16.4 Å². The summed E-state index contributed by atoms with van der Waals surface area (Å²) in [5, 5.41) is 20.6. The van der Waals surface area contributed by atoms with Gasteiger partial charge < -0.3 is 5.32 Å². The molecule has 0 amide bonds. The first-order chi connectivity index (χ1) is 12.0. The van der Waals surface area contributed by atoms with E-state index in [9.17, 15) is 0 Å². The van der Waals surface area contributed by atoms with Crippen LogP contribution in [-0.4, -0.2) is 9.92 Å². The van der Waals surface area contributed by atoms with Crippen molar-refractivity contribution in [3.63, 3.8) is 0 Å². The molecule has 0 spiro atoms. The van der Waals surface area contributed by atoms with Gasteiger partial charge in [0, 0.05) is 10.6 Å². The number of hydrogen-bond acceptors (Lipinski definition) is 4. The maximum Gasteiger partial charge on any atom is 0.223 e. The minimum Gasteiger partial charge on any atom is -0.325 e. The molecule has 0 atom stereocenters. The Balaban J connectivity index is 2.08. The van der Waals surface area contributed by atoms with Crippen LogP contribution in [0.15, 0.2) is 59.6 Å². The molecule has 5 nitrogen and oxygen atoms in total. The molecule has 0 bridgehead atoms. The maximum atomic E-state index is 9.08. The van der Waals surface area contributed by atoms with Crippen LogP contribution in [0.2, 0.25) is 0 Å². The van der Waals surface area contributed by atoms with Crippen molar-refractivity contribution >= 4 is 28.9 Å². The predicted molar refractivity (Wildman–Crippen MR) is 101 cm³/mol. The van der Waals surface area contributed by atoms with Crippen molar-refractivity contribution in [2.45, 2.75) is 13.8 Å². The molecule has 1 heterocycles. The van der Waals surface area contributed by atoms with Crippen LogP contribution in [0.5, 0.6) is 0 Å². The quantitative estimate of drug-likeness (QED) is 0.539. The molecule has 3 aromatic rings. The van der Waals surface area contributed by atoms with Gasteiger partial charge in [0.15, 0.2) is 0 Å². The summed E-state index contributed by atoms with van der Waals surface area (Å²) in [6, 6.07) is 19.0. The third-order valence-electron chi connectivity index (χ3n) is 3.47. The summed E-state index contributed by atoms with van der Waals surface area (Å²) in [6.07, 6.45) is 0. The van der Waals surface area contributed by atoms with Gasteiger partial charge in [-0.1, -0.05) is 29.7 Å². The second kappa shape index (κ2) is 7.16. The minimum atomic E-state index is 0.359. The van der Waals surface area contributed by atoms with Crippen LogP contribution < -0.4 is 10.8 Å². The average Bonchev–Trinajstić information content (AvgIpc) is 2.93. The van der Waals surface area contributed by atoms with E-state index in [1.54, 1.807) is 28.2 Å². The van der Waals surface area contributed by atoms with E-state index < -0.39 is 0 Å². The summed E-state index contributed by atoms with van der Waals surface area (Å²) in [7, 11) is 0. The van der Waals surface area contributed by atoms with Gasteiger partial charge in [-0.25, -0.2) is 8.95 Å². The van der Waals surface area contributed by atoms with Crippen LogP contribution >= 0.6 is 11.5 Å². The second-order valence-corrected chi connectivity index (χ2v) is 6.81. The first-order valence-electron chi connectivity index (χ1n) is 7.72. The van der Waals surface area contributed by atoms with Gasteiger partial charge in [-0.15, -0.1) is 0 Å². The zero-order valence-electron chi connectivity index (χ0n) is 13.9. The summed E-state index contributed by atoms with van der Waals surface area (Å²) >= 11 is 1.45. The minimum absolute atomic E-state index is 0.359. The number of nitrogens with one attached hydrogen (secondary N) is 2. The van der Waals surface area contributed by atoms with Crippen molar-refractivity contribution in [2.24, 2.45) is 4.99 Å². The Labute approximate surface area is 150 Å². The number of aryl methyl sites for hydroxylation is 2. The van der Waals surface area contributed by atoms with Crippen molar-refractivity contribution in [1.29, 1.82) is 10.7 Å². The third kappa shape index (κ3) is 4.03. The highest BCUT2D eigenvalue weighted by atomic mass is 32.1. The van der Waals surface area contributed by atoms with Crippen molar-refractivity contribution in [2.75, 3.05) is 5.32 Å². The molecule has 1 aromatic heterocycles. The van der Waals surface area contributed by atoms with Crippen LogP contribution in [-0.2, 0) is 0 Å². The molecule has 0 saturated heterocycles. The highest BCUT2D eigenvalue weighted by molar-refractivity contribution is 7.07. The molecule has 124 valence electrons. The first-order valence-corrected chi connectivity index (χ1v) is 8.50. The molecule has 0 aliphatic rings. The zero-order valence-corrected chi connectivity index (χ0v) is 14.8. The van der Waals surface area contributed by atoms with Crippen LogP contribution in [0, 0.1) is 30.6 Å². The summed E-state index contributed by atoms with van der Waals surface area (Å²) in [5.74, 6) is 0.531. The maximum absolute atomic E-state index is 9.08. The lowest BCUT2D eigenvalue weighted by atomic mass is 10.2. The number of rotatable bonds is 2. The topological polar surface area (TPSA) is 77.0 Å². The van der Waals surface area contributed by atoms with Crippen molar-refractivity contribution in [1.82, 2.24) is 3.96 Å². The average molecular weight is 347 g/mol. The molecule has 2 aromatic carbocycles. The smallest absolute Gasteiger partial charge is 0.223 e. The van der Waals surface area contributed by atoms with E-state index in [1.165, 1.54) is 11.5 Å². The standard InChI is InChI=1S/C19H17N5S/c1-13-5-3-7-16(9-13)22-19(24-18(21)10-14(2)25-24)23-17-8-4-6-15(11-17)12-20/h3-11,21H,1-2H3,(H,22,23). The lowest BCUT2D eigenvalue weighted by molar-refractivity contribution is 1.07. The Morgan fingerprint density at radius 3 is 2.64 bits per heavy atom. The van der Waals surface area contributed by atoms with Gasteiger partial charge in [-0.2, -0.15) is 5.26 Å². The van der Waals surface area contributed by atoms with Gasteiger partial charge >= 0.3 is 0 Å². The highest BCUT2D eigenvalue weighted by Gasteiger charge is 2.08. The number of aliphatic imine (C=N–C) groups is 1. The van der Waals surface area contributed by atoms with Gasteiger partial charge in [0.25, 0.3) is 0 Å². The summed E-state index contributed by atoms with van der Waals surface area (Å²) in [5.41, 5.74) is 3.60. The largest absolute Gasteiger partial charge is 0.325 e. The van der Waals surface area contributed by atoms with E-state index in [-0.39, 0.29) is 0 Å². The fourth-order valence-corrected chi connectivity index (χ4v) is 3.15. The molecule has 0 aliphatic heterocycles. The zero-order chi connectivity index (χ0) is 17.8. The monoisotopic (exact) mass is 347 g/mol. The molecule has 2 N–H and O–H groups in total. The first kappa shape index (κ1) is 16.7. The van der Waals surface area contributed by atoms with E-state index >= 15 is 0 Å². The molecule has 0 radical (unpaired) electrons. The summed E-state index contributed by atoms with van der Waals surface area (Å²) in [6.45, 7) is 3.98. The Morgan fingerprint density at radius 2 is 1.96 bits per heavy atom. The number of anilines is 1. The normalized spacial score (nSPS) is 11.2. The third-order valence-corrected chi connectivity index (χ3v) is 4.43. The lowest BCUT2D eigenvalue weighted by Gasteiger charge is -2.11. The van der Waals surface area contributed by atoms with Crippen molar-refractivity contribution < 1.29 is 0 Å². The molecule has 0 fully saturated rings. The van der Waals surface area contributed by atoms with Gasteiger partial charge in [-0.05, 0) is 55.8 Å². The number of aromatic nitrogens is 1. The lowest BCUT2D eigenvalue weighted by Crippen LogP contribution is -2.28. The molecule has 3 rings (SSSR count). The second-order valence-electron chi connectivity index (χ2n) is 5.62. The predicted octanol–water partition coefficient (Wildman–Crippen LogP) is 4.17. The van der Waals surface area contributed by atoms with Gasteiger partial charge in [0.05, 0.1) is 17.3 Å². The van der Waals surface area contributed by atoms with Crippen LogP contribution in [0.4, 0.5) is 11.4 Å². The molecule has 0 saturated carbocycles. The molecule has 6 heteroatoms. The number of benzene rings is 2.